The van der Waals surface area contributed by atoms with Crippen molar-refractivity contribution in [2.24, 2.45) is 5.92 Å². The third-order valence-electron chi connectivity index (χ3n) is 1.78. The minimum absolute atomic E-state index is 0.255. The summed E-state index contributed by atoms with van der Waals surface area (Å²) in [4.78, 5) is 10.5. The highest BCUT2D eigenvalue weighted by Crippen LogP contribution is 2.17. The molecule has 0 fully saturated rings. The summed E-state index contributed by atoms with van der Waals surface area (Å²) in [7, 11) is 1.68. The van der Waals surface area contributed by atoms with Gasteiger partial charge in [0.1, 0.15) is 0 Å². The normalized spacial score (nSPS) is 15.3. The summed E-state index contributed by atoms with van der Waals surface area (Å²) < 4.78 is 4.94. The predicted octanol–water partition coefficient (Wildman–Crippen LogP) is 1.87. The Bertz CT molecular complexity index is 150. The minimum atomic E-state index is -0.716. The van der Waals surface area contributed by atoms with E-state index >= 15 is 0 Å². The molecule has 0 spiro atoms. The van der Waals surface area contributed by atoms with Crippen LogP contribution >= 0.6 is 11.8 Å². The Balaban J connectivity index is 3.45. The largest absolute Gasteiger partial charge is 0.481 e. The van der Waals surface area contributed by atoms with E-state index in [4.69, 9.17) is 9.84 Å². The Morgan fingerprint density at radius 1 is 1.54 bits per heavy atom. The molecule has 0 aromatic heterocycles. The van der Waals surface area contributed by atoms with Gasteiger partial charge in [0.25, 0.3) is 0 Å². The second-order valence-corrected chi connectivity index (χ2v) is 4.64. The number of carboxylic acids is 1. The van der Waals surface area contributed by atoms with Crippen LogP contribution in [0.5, 0.6) is 0 Å². The van der Waals surface area contributed by atoms with Crippen LogP contribution in [0, 0.1) is 5.92 Å². The van der Waals surface area contributed by atoms with Crippen LogP contribution in [0.3, 0.4) is 0 Å². The molecule has 0 bridgehead atoms. The first-order chi connectivity index (χ1) is 6.07. The molecule has 0 rings (SSSR count). The number of carbonyl (C=O) groups is 1. The van der Waals surface area contributed by atoms with Gasteiger partial charge >= 0.3 is 5.97 Å². The monoisotopic (exact) mass is 206 g/mol. The van der Waals surface area contributed by atoms with Crippen LogP contribution in [0.1, 0.15) is 20.3 Å². The summed E-state index contributed by atoms with van der Waals surface area (Å²) in [5, 5.41) is 9.11. The molecule has 0 aromatic rings. The maximum Gasteiger partial charge on any atom is 0.307 e. The van der Waals surface area contributed by atoms with Crippen molar-refractivity contribution in [2.75, 3.05) is 19.5 Å². The van der Waals surface area contributed by atoms with E-state index < -0.39 is 5.97 Å². The molecule has 0 aliphatic rings. The number of aliphatic carboxylic acids is 1. The van der Waals surface area contributed by atoms with Crippen LogP contribution in [-0.2, 0) is 9.53 Å². The molecule has 0 aliphatic carbocycles. The molecule has 13 heavy (non-hydrogen) atoms. The van der Waals surface area contributed by atoms with Crippen LogP contribution in [0.2, 0.25) is 0 Å². The first-order valence-corrected chi connectivity index (χ1v) is 5.46. The number of methoxy groups -OCH3 is 1. The second-order valence-electron chi connectivity index (χ2n) is 3.16. The Labute approximate surface area is 83.9 Å². The summed E-state index contributed by atoms with van der Waals surface area (Å²) in [6.45, 7) is 4.58. The number of thioether (sulfide) groups is 1. The average Bonchev–Trinajstić information content (AvgIpc) is 2.10. The van der Waals surface area contributed by atoms with E-state index in [0.29, 0.717) is 11.0 Å². The predicted molar refractivity (Wildman–Crippen MR) is 55.2 cm³/mol. The third-order valence-corrected chi connectivity index (χ3v) is 3.28. The van der Waals surface area contributed by atoms with Crippen molar-refractivity contribution in [1.82, 2.24) is 0 Å². The summed E-state index contributed by atoms with van der Waals surface area (Å²) in [5.41, 5.74) is 0. The highest BCUT2D eigenvalue weighted by atomic mass is 32.2. The SMILES string of the molecule is COCCC(C)SCC(C)C(=O)O. The Hall–Kier alpha value is -0.220. The lowest BCUT2D eigenvalue weighted by molar-refractivity contribution is -0.140. The van der Waals surface area contributed by atoms with Crippen molar-refractivity contribution in [3.63, 3.8) is 0 Å². The van der Waals surface area contributed by atoms with E-state index in [1.54, 1.807) is 25.8 Å². The fourth-order valence-electron chi connectivity index (χ4n) is 0.747. The Morgan fingerprint density at radius 2 is 2.15 bits per heavy atom. The molecule has 3 nitrogen and oxygen atoms in total. The number of ether oxygens (including phenoxy) is 1. The number of rotatable bonds is 7. The second kappa shape index (κ2) is 7.21. The van der Waals surface area contributed by atoms with Gasteiger partial charge in [0, 0.05) is 24.7 Å². The third kappa shape index (κ3) is 6.90. The van der Waals surface area contributed by atoms with Crippen LogP contribution in [0.25, 0.3) is 0 Å². The first-order valence-electron chi connectivity index (χ1n) is 4.41. The molecular formula is C9H18O3S. The van der Waals surface area contributed by atoms with Gasteiger partial charge in [-0.2, -0.15) is 11.8 Å². The smallest absolute Gasteiger partial charge is 0.307 e. The van der Waals surface area contributed by atoms with Crippen molar-refractivity contribution in [3.8, 4) is 0 Å². The van der Waals surface area contributed by atoms with Gasteiger partial charge in [0.15, 0.2) is 0 Å². The molecule has 0 aliphatic heterocycles. The molecule has 2 atom stereocenters. The van der Waals surface area contributed by atoms with Crippen molar-refractivity contribution in [2.45, 2.75) is 25.5 Å². The highest BCUT2D eigenvalue weighted by molar-refractivity contribution is 7.99. The minimum Gasteiger partial charge on any atom is -0.481 e. The zero-order valence-corrected chi connectivity index (χ0v) is 9.26. The molecular weight excluding hydrogens is 188 g/mol. The van der Waals surface area contributed by atoms with E-state index in [1.165, 1.54) is 0 Å². The number of hydrogen-bond donors (Lipinski definition) is 1. The van der Waals surface area contributed by atoms with E-state index in [1.807, 2.05) is 0 Å². The van der Waals surface area contributed by atoms with Gasteiger partial charge in [-0.05, 0) is 6.42 Å². The van der Waals surface area contributed by atoms with Crippen LogP contribution in [0.4, 0.5) is 0 Å². The van der Waals surface area contributed by atoms with Crippen LogP contribution in [0.15, 0.2) is 0 Å². The topological polar surface area (TPSA) is 46.5 Å². The summed E-state index contributed by atoms with van der Waals surface area (Å²) >= 11 is 1.69. The fourth-order valence-corrected chi connectivity index (χ4v) is 1.77. The highest BCUT2D eigenvalue weighted by Gasteiger charge is 2.12. The maximum absolute atomic E-state index is 10.5. The van der Waals surface area contributed by atoms with Gasteiger partial charge < -0.3 is 9.84 Å². The van der Waals surface area contributed by atoms with Crippen molar-refractivity contribution >= 4 is 17.7 Å². The van der Waals surface area contributed by atoms with Crippen molar-refractivity contribution in [1.29, 1.82) is 0 Å². The van der Waals surface area contributed by atoms with Gasteiger partial charge in [-0.25, -0.2) is 0 Å². The molecule has 0 saturated carbocycles. The van der Waals surface area contributed by atoms with Crippen molar-refractivity contribution in [3.05, 3.63) is 0 Å². The molecule has 1 N–H and O–H groups in total. The van der Waals surface area contributed by atoms with E-state index in [0.717, 1.165) is 13.0 Å². The van der Waals surface area contributed by atoms with E-state index in [-0.39, 0.29) is 5.92 Å². The van der Waals surface area contributed by atoms with Crippen LogP contribution < -0.4 is 0 Å². The van der Waals surface area contributed by atoms with E-state index in [2.05, 4.69) is 6.92 Å². The Kier molecular flexibility index (Phi) is 7.09. The molecule has 78 valence electrons. The van der Waals surface area contributed by atoms with Crippen molar-refractivity contribution < 1.29 is 14.6 Å². The standard InChI is InChI=1S/C9H18O3S/c1-7(9(10)11)6-13-8(2)4-5-12-3/h7-8H,4-6H2,1-3H3,(H,10,11). The quantitative estimate of drug-likeness (QED) is 0.690. The number of hydrogen-bond acceptors (Lipinski definition) is 3. The molecule has 0 radical (unpaired) electrons. The molecule has 4 heteroatoms. The lowest BCUT2D eigenvalue weighted by atomic mass is 10.2. The Morgan fingerprint density at radius 3 is 2.62 bits per heavy atom. The lowest BCUT2D eigenvalue weighted by Gasteiger charge is -2.12. The summed E-state index contributed by atoms with van der Waals surface area (Å²) in [6.07, 6.45) is 0.980. The van der Waals surface area contributed by atoms with Gasteiger partial charge in [-0.3, -0.25) is 4.79 Å². The van der Waals surface area contributed by atoms with E-state index in [9.17, 15) is 4.79 Å². The summed E-state index contributed by atoms with van der Waals surface area (Å²) in [6, 6.07) is 0. The first kappa shape index (κ1) is 12.8. The zero-order chi connectivity index (χ0) is 10.3. The molecule has 0 heterocycles. The average molecular weight is 206 g/mol. The molecule has 0 saturated heterocycles. The van der Waals surface area contributed by atoms with Gasteiger partial charge in [-0.1, -0.05) is 13.8 Å². The molecule has 0 amide bonds. The maximum atomic E-state index is 10.5. The molecule has 2 unspecified atom stereocenters. The lowest BCUT2D eigenvalue weighted by Crippen LogP contribution is -2.14. The number of carboxylic acid groups (broad SMARTS) is 1. The zero-order valence-electron chi connectivity index (χ0n) is 8.45. The fraction of sp³-hybridized carbons (Fsp3) is 0.889. The summed E-state index contributed by atoms with van der Waals surface area (Å²) in [5.74, 6) is -0.290. The van der Waals surface area contributed by atoms with Crippen LogP contribution in [-0.4, -0.2) is 35.8 Å². The van der Waals surface area contributed by atoms with Gasteiger partial charge in [0.2, 0.25) is 0 Å². The molecule has 0 aromatic carbocycles. The van der Waals surface area contributed by atoms with Gasteiger partial charge in [0.05, 0.1) is 5.92 Å². The van der Waals surface area contributed by atoms with Gasteiger partial charge in [-0.15, -0.1) is 0 Å².